The Morgan fingerprint density at radius 1 is 1.00 bits per heavy atom. The minimum Gasteiger partial charge on any atom is -0.329 e. The predicted octanol–water partition coefficient (Wildman–Crippen LogP) is 5.32. The van der Waals surface area contributed by atoms with E-state index in [0.717, 1.165) is 35.0 Å². The van der Waals surface area contributed by atoms with Gasteiger partial charge in [0.15, 0.2) is 5.82 Å². The summed E-state index contributed by atoms with van der Waals surface area (Å²) < 4.78 is 0. The third-order valence-electron chi connectivity index (χ3n) is 5.43. The maximum Gasteiger partial charge on any atom is 0.273 e. The summed E-state index contributed by atoms with van der Waals surface area (Å²) in [4.78, 5) is 28.9. The molecule has 1 aliphatic heterocycles. The maximum absolute atomic E-state index is 13.3. The summed E-state index contributed by atoms with van der Waals surface area (Å²) in [5, 5.41) is 1.66. The van der Waals surface area contributed by atoms with Crippen LogP contribution in [0.5, 0.6) is 0 Å². The van der Waals surface area contributed by atoms with Gasteiger partial charge in [0.2, 0.25) is 0 Å². The van der Waals surface area contributed by atoms with Crippen LogP contribution in [0.15, 0.2) is 72.9 Å². The number of hydrogen-bond acceptors (Lipinski definition) is 4. The quantitative estimate of drug-likeness (QED) is 0.455. The molecule has 148 valence electrons. The average molecular weight is 415 g/mol. The molecule has 0 unspecified atom stereocenters. The molecule has 1 atom stereocenters. The van der Waals surface area contributed by atoms with Crippen LogP contribution >= 0.6 is 11.6 Å². The van der Waals surface area contributed by atoms with Crippen LogP contribution in [0.3, 0.4) is 0 Å². The van der Waals surface area contributed by atoms with E-state index < -0.39 is 0 Å². The van der Waals surface area contributed by atoms with Crippen LogP contribution in [0.2, 0.25) is 5.02 Å². The number of nitrogens with zero attached hydrogens (tertiary/aromatic N) is 4. The van der Waals surface area contributed by atoms with Gasteiger partial charge in [-0.05, 0) is 43.2 Å². The molecule has 0 spiro atoms. The fraction of sp³-hybridized carbons (Fsp3) is 0.167. The molecule has 2 aromatic carbocycles. The molecule has 0 N–H and O–H groups in total. The van der Waals surface area contributed by atoms with Gasteiger partial charge in [-0.25, -0.2) is 15.0 Å². The summed E-state index contributed by atoms with van der Waals surface area (Å²) >= 11 is 6.12. The summed E-state index contributed by atoms with van der Waals surface area (Å²) in [6.45, 7) is 0.689. The molecule has 5 nitrogen and oxygen atoms in total. The number of pyridine rings is 1. The highest BCUT2D eigenvalue weighted by atomic mass is 35.5. The summed E-state index contributed by atoms with van der Waals surface area (Å²) in [5.41, 5.74) is 2.98. The van der Waals surface area contributed by atoms with E-state index in [0.29, 0.717) is 23.1 Å². The first kappa shape index (κ1) is 18.7. The van der Waals surface area contributed by atoms with Crippen molar-refractivity contribution in [2.75, 3.05) is 6.54 Å². The number of carbonyl (C=O) groups is 1. The van der Waals surface area contributed by atoms with Crippen molar-refractivity contribution in [2.45, 2.75) is 18.9 Å². The first-order valence-electron chi connectivity index (χ1n) is 9.95. The molecule has 2 aromatic heterocycles. The van der Waals surface area contributed by atoms with Crippen molar-refractivity contribution in [1.29, 1.82) is 0 Å². The Balaban J connectivity index is 1.46. The van der Waals surface area contributed by atoms with Gasteiger partial charge in [-0.3, -0.25) is 4.79 Å². The van der Waals surface area contributed by atoms with Crippen molar-refractivity contribution in [2.24, 2.45) is 0 Å². The van der Waals surface area contributed by atoms with Crippen LogP contribution in [-0.4, -0.2) is 32.3 Å². The van der Waals surface area contributed by atoms with Crippen molar-refractivity contribution in [3.63, 3.8) is 0 Å². The Kier molecular flexibility index (Phi) is 4.89. The number of aromatic nitrogens is 3. The predicted molar refractivity (Wildman–Crippen MR) is 117 cm³/mol. The summed E-state index contributed by atoms with van der Waals surface area (Å²) in [6, 6.07) is 20.8. The lowest BCUT2D eigenvalue weighted by atomic mass is 10.1. The molecule has 0 radical (unpaired) electrons. The molecule has 1 amide bonds. The van der Waals surface area contributed by atoms with Gasteiger partial charge >= 0.3 is 0 Å². The van der Waals surface area contributed by atoms with Crippen LogP contribution in [0, 0.1) is 0 Å². The number of halogens is 1. The summed E-state index contributed by atoms with van der Waals surface area (Å²) in [5.74, 6) is 0.546. The Hall–Kier alpha value is -3.31. The van der Waals surface area contributed by atoms with E-state index in [1.54, 1.807) is 12.3 Å². The molecule has 4 aromatic rings. The zero-order valence-corrected chi connectivity index (χ0v) is 17.0. The highest BCUT2D eigenvalue weighted by molar-refractivity contribution is 6.30. The molecule has 30 heavy (non-hydrogen) atoms. The molecule has 0 saturated carbocycles. The number of likely N-dealkylation sites (tertiary alicyclic amines) is 1. The minimum absolute atomic E-state index is 0.0637. The zero-order valence-electron chi connectivity index (χ0n) is 16.2. The highest BCUT2D eigenvalue weighted by Gasteiger charge is 2.32. The fourth-order valence-corrected chi connectivity index (χ4v) is 4.16. The Labute approximate surface area is 179 Å². The van der Waals surface area contributed by atoms with E-state index in [-0.39, 0.29) is 11.9 Å². The number of amides is 1. The summed E-state index contributed by atoms with van der Waals surface area (Å²) in [6.07, 6.45) is 3.54. The SMILES string of the molecule is O=C(c1ccc2ccccc2n1)N1CCC[C@H]1c1ccnc(-c2cccc(Cl)c2)n1. The first-order valence-corrected chi connectivity index (χ1v) is 10.3. The van der Waals surface area contributed by atoms with E-state index in [9.17, 15) is 4.79 Å². The molecule has 5 rings (SSSR count). The topological polar surface area (TPSA) is 59.0 Å². The molecule has 3 heterocycles. The number of carbonyl (C=O) groups excluding carboxylic acids is 1. The van der Waals surface area contributed by atoms with Crippen molar-refractivity contribution < 1.29 is 4.79 Å². The highest BCUT2D eigenvalue weighted by Crippen LogP contribution is 2.33. The molecule has 1 fully saturated rings. The van der Waals surface area contributed by atoms with E-state index in [1.807, 2.05) is 65.6 Å². The molecular weight excluding hydrogens is 396 g/mol. The maximum atomic E-state index is 13.3. The van der Waals surface area contributed by atoms with E-state index in [4.69, 9.17) is 16.6 Å². The van der Waals surface area contributed by atoms with Gasteiger partial charge in [-0.2, -0.15) is 0 Å². The Morgan fingerprint density at radius 2 is 1.90 bits per heavy atom. The molecule has 0 bridgehead atoms. The van der Waals surface area contributed by atoms with Crippen LogP contribution in [0.4, 0.5) is 0 Å². The van der Waals surface area contributed by atoms with Crippen LogP contribution in [0.1, 0.15) is 35.1 Å². The van der Waals surface area contributed by atoms with Gasteiger partial charge in [0.05, 0.1) is 17.3 Å². The normalized spacial score (nSPS) is 16.2. The van der Waals surface area contributed by atoms with Gasteiger partial charge in [0.1, 0.15) is 5.69 Å². The van der Waals surface area contributed by atoms with Gasteiger partial charge in [0, 0.05) is 28.7 Å². The van der Waals surface area contributed by atoms with Gasteiger partial charge in [0.25, 0.3) is 5.91 Å². The number of para-hydroxylation sites is 1. The number of rotatable bonds is 3. The number of benzene rings is 2. The van der Waals surface area contributed by atoms with E-state index >= 15 is 0 Å². The van der Waals surface area contributed by atoms with Crippen molar-refractivity contribution >= 4 is 28.4 Å². The van der Waals surface area contributed by atoms with E-state index in [2.05, 4.69) is 9.97 Å². The van der Waals surface area contributed by atoms with Crippen molar-refractivity contribution in [3.8, 4) is 11.4 Å². The zero-order chi connectivity index (χ0) is 20.5. The summed E-state index contributed by atoms with van der Waals surface area (Å²) in [7, 11) is 0. The van der Waals surface area contributed by atoms with Crippen LogP contribution < -0.4 is 0 Å². The molecule has 1 saturated heterocycles. The van der Waals surface area contributed by atoms with E-state index in [1.165, 1.54) is 0 Å². The monoisotopic (exact) mass is 414 g/mol. The number of hydrogen-bond donors (Lipinski definition) is 0. The van der Waals surface area contributed by atoms with Gasteiger partial charge < -0.3 is 4.90 Å². The standard InChI is InChI=1S/C24H19ClN4O/c25-18-7-3-6-17(15-18)23-26-13-12-20(28-23)22-9-4-14-29(22)24(30)21-11-10-16-5-1-2-8-19(16)27-21/h1-3,5-8,10-13,15,22H,4,9,14H2/t22-/m0/s1. The molecular formula is C24H19ClN4O. The second-order valence-electron chi connectivity index (χ2n) is 7.36. The lowest BCUT2D eigenvalue weighted by Crippen LogP contribution is -2.31. The molecule has 1 aliphatic rings. The lowest BCUT2D eigenvalue weighted by molar-refractivity contribution is 0.0727. The smallest absolute Gasteiger partial charge is 0.273 e. The number of fused-ring (bicyclic) bond motifs is 1. The first-order chi connectivity index (χ1) is 14.7. The Bertz CT molecular complexity index is 1240. The third kappa shape index (κ3) is 3.53. The fourth-order valence-electron chi connectivity index (χ4n) is 3.97. The molecule has 0 aliphatic carbocycles. The average Bonchev–Trinajstić information content (AvgIpc) is 3.28. The third-order valence-corrected chi connectivity index (χ3v) is 5.67. The van der Waals surface area contributed by atoms with Crippen LogP contribution in [0.25, 0.3) is 22.3 Å². The molecule has 6 heteroatoms. The second-order valence-corrected chi connectivity index (χ2v) is 7.80. The van der Waals surface area contributed by atoms with Gasteiger partial charge in [-0.15, -0.1) is 0 Å². The van der Waals surface area contributed by atoms with Crippen molar-refractivity contribution in [3.05, 3.63) is 89.3 Å². The lowest BCUT2D eigenvalue weighted by Gasteiger charge is -2.24. The second kappa shape index (κ2) is 7.84. The largest absolute Gasteiger partial charge is 0.329 e. The van der Waals surface area contributed by atoms with Crippen molar-refractivity contribution in [1.82, 2.24) is 19.9 Å². The Morgan fingerprint density at radius 3 is 2.80 bits per heavy atom. The van der Waals surface area contributed by atoms with Crippen LogP contribution in [-0.2, 0) is 0 Å². The minimum atomic E-state index is -0.0910. The van der Waals surface area contributed by atoms with Gasteiger partial charge in [-0.1, -0.05) is 48.0 Å².